The summed E-state index contributed by atoms with van der Waals surface area (Å²) >= 11 is 6.50. The first-order valence-electron chi connectivity index (χ1n) is 11.5. The molecule has 0 radical (unpaired) electrons. The molecular weight excluding hydrogens is 534 g/mol. The summed E-state index contributed by atoms with van der Waals surface area (Å²) in [6.45, 7) is 2.15. The van der Waals surface area contributed by atoms with Crippen LogP contribution in [0.2, 0.25) is 0 Å². The van der Waals surface area contributed by atoms with Crippen LogP contribution in [0.1, 0.15) is 24.5 Å². The standard InChI is InChI=1S/C26H25NO7S3/c1-3-33-22-14-18(15-23-25(29)27(26(35)36-23)19-12-13-37(30,31)16-19)6-10-21(22)34-24(28)11-7-17-4-8-20(32-2)9-5-17/h4-11,14-15,19H,3,12-13,16H2,1-2H3. The first-order chi connectivity index (χ1) is 17.7. The number of nitrogens with zero attached hydrogens (tertiary/aromatic N) is 1. The van der Waals surface area contributed by atoms with Crippen LogP contribution in [0.5, 0.6) is 17.2 Å². The van der Waals surface area contributed by atoms with Crippen LogP contribution in [0.25, 0.3) is 12.2 Å². The molecule has 2 saturated heterocycles. The van der Waals surface area contributed by atoms with Crippen molar-refractivity contribution in [1.82, 2.24) is 4.90 Å². The molecule has 1 amide bonds. The zero-order valence-electron chi connectivity index (χ0n) is 20.2. The maximum absolute atomic E-state index is 13.0. The van der Waals surface area contributed by atoms with Gasteiger partial charge in [-0.05, 0) is 60.9 Å². The summed E-state index contributed by atoms with van der Waals surface area (Å²) in [5, 5.41) is 0. The summed E-state index contributed by atoms with van der Waals surface area (Å²) in [5.74, 6) is 0.405. The Morgan fingerprint density at radius 1 is 1.16 bits per heavy atom. The molecule has 1 atom stereocenters. The topological polar surface area (TPSA) is 99.2 Å². The molecule has 2 aliphatic rings. The van der Waals surface area contributed by atoms with Crippen LogP contribution in [-0.2, 0) is 19.4 Å². The normalized spacial score (nSPS) is 20.1. The zero-order chi connectivity index (χ0) is 26.6. The highest BCUT2D eigenvalue weighted by Gasteiger charge is 2.42. The van der Waals surface area contributed by atoms with Crippen molar-refractivity contribution in [3.8, 4) is 17.2 Å². The number of thioether (sulfide) groups is 1. The van der Waals surface area contributed by atoms with Crippen LogP contribution in [0.3, 0.4) is 0 Å². The van der Waals surface area contributed by atoms with E-state index in [9.17, 15) is 18.0 Å². The molecule has 11 heteroatoms. The minimum atomic E-state index is -3.16. The Morgan fingerprint density at radius 2 is 1.89 bits per heavy atom. The fourth-order valence-electron chi connectivity index (χ4n) is 3.91. The Morgan fingerprint density at radius 3 is 2.54 bits per heavy atom. The SMILES string of the molecule is CCOc1cc(C=C2SC(=S)N(C3CCS(=O)(=O)C3)C2=O)ccc1OC(=O)C=Cc1ccc(OC)cc1. The molecule has 0 aliphatic carbocycles. The number of esters is 1. The number of hydrogen-bond acceptors (Lipinski definition) is 9. The summed E-state index contributed by atoms with van der Waals surface area (Å²) in [4.78, 5) is 27.2. The van der Waals surface area contributed by atoms with Crippen molar-refractivity contribution in [2.45, 2.75) is 19.4 Å². The minimum absolute atomic E-state index is 0.0565. The average Bonchev–Trinajstić information content (AvgIpc) is 3.36. The van der Waals surface area contributed by atoms with E-state index in [2.05, 4.69) is 0 Å². The molecule has 1 unspecified atom stereocenters. The van der Waals surface area contributed by atoms with Crippen molar-refractivity contribution in [1.29, 1.82) is 0 Å². The molecule has 2 fully saturated rings. The third kappa shape index (κ3) is 6.60. The summed E-state index contributed by atoms with van der Waals surface area (Å²) in [6.07, 6.45) is 5.00. The Hall–Kier alpha value is -3.15. The number of sulfone groups is 1. The van der Waals surface area contributed by atoms with Crippen molar-refractivity contribution in [2.75, 3.05) is 25.2 Å². The zero-order valence-corrected chi connectivity index (χ0v) is 22.7. The van der Waals surface area contributed by atoms with Gasteiger partial charge in [0.25, 0.3) is 5.91 Å². The quantitative estimate of drug-likeness (QED) is 0.205. The van der Waals surface area contributed by atoms with Gasteiger partial charge in [0.2, 0.25) is 0 Å². The smallest absolute Gasteiger partial charge is 0.336 e. The second-order valence-electron chi connectivity index (χ2n) is 8.28. The van der Waals surface area contributed by atoms with E-state index >= 15 is 0 Å². The van der Waals surface area contributed by atoms with E-state index in [1.165, 1.54) is 11.0 Å². The summed E-state index contributed by atoms with van der Waals surface area (Å²) < 4.78 is 40.3. The molecule has 2 aromatic rings. The third-order valence-electron chi connectivity index (χ3n) is 5.70. The van der Waals surface area contributed by atoms with Gasteiger partial charge in [-0.3, -0.25) is 9.69 Å². The largest absolute Gasteiger partial charge is 0.497 e. The Kier molecular flexibility index (Phi) is 8.35. The molecule has 2 heterocycles. The van der Waals surface area contributed by atoms with E-state index in [0.717, 1.165) is 23.1 Å². The van der Waals surface area contributed by atoms with Crippen LogP contribution in [0, 0.1) is 0 Å². The first kappa shape index (κ1) is 26.9. The number of carbonyl (C=O) groups excluding carboxylic acids is 2. The van der Waals surface area contributed by atoms with Crippen molar-refractivity contribution in [3.63, 3.8) is 0 Å². The van der Waals surface area contributed by atoms with E-state index < -0.39 is 21.8 Å². The summed E-state index contributed by atoms with van der Waals surface area (Å²) in [6, 6.07) is 11.8. The lowest BCUT2D eigenvalue weighted by atomic mass is 10.1. The van der Waals surface area contributed by atoms with Gasteiger partial charge in [-0.1, -0.05) is 42.2 Å². The fraction of sp³-hybridized carbons (Fsp3) is 0.269. The molecule has 0 aromatic heterocycles. The molecule has 0 saturated carbocycles. The predicted molar refractivity (Wildman–Crippen MR) is 147 cm³/mol. The van der Waals surface area contributed by atoms with Gasteiger partial charge < -0.3 is 14.2 Å². The number of methoxy groups -OCH3 is 1. The fourth-order valence-corrected chi connectivity index (χ4v) is 7.01. The number of thiocarbonyl (C=S) groups is 1. The molecule has 2 aliphatic heterocycles. The van der Waals surface area contributed by atoms with Crippen LogP contribution < -0.4 is 14.2 Å². The van der Waals surface area contributed by atoms with Crippen LogP contribution in [0.4, 0.5) is 0 Å². The molecule has 2 aromatic carbocycles. The molecule has 0 N–H and O–H groups in total. The van der Waals surface area contributed by atoms with Crippen LogP contribution in [0.15, 0.2) is 53.4 Å². The minimum Gasteiger partial charge on any atom is -0.497 e. The van der Waals surface area contributed by atoms with Gasteiger partial charge in [-0.25, -0.2) is 13.2 Å². The van der Waals surface area contributed by atoms with E-state index in [4.69, 9.17) is 26.4 Å². The van der Waals surface area contributed by atoms with E-state index in [0.29, 0.717) is 33.6 Å². The highest BCUT2D eigenvalue weighted by atomic mass is 32.2. The maximum atomic E-state index is 13.0. The Bertz CT molecular complexity index is 1380. The molecule has 194 valence electrons. The predicted octanol–water partition coefficient (Wildman–Crippen LogP) is 4.10. The number of carbonyl (C=O) groups is 2. The summed E-state index contributed by atoms with van der Waals surface area (Å²) in [7, 11) is -1.57. The number of benzene rings is 2. The van der Waals surface area contributed by atoms with Gasteiger partial charge in [0.05, 0.1) is 36.2 Å². The highest BCUT2D eigenvalue weighted by Crippen LogP contribution is 2.37. The van der Waals surface area contributed by atoms with Gasteiger partial charge in [0.1, 0.15) is 10.1 Å². The average molecular weight is 560 g/mol. The van der Waals surface area contributed by atoms with Gasteiger partial charge in [0.15, 0.2) is 21.3 Å². The van der Waals surface area contributed by atoms with E-state index in [1.807, 2.05) is 19.1 Å². The van der Waals surface area contributed by atoms with Crippen molar-refractivity contribution in [3.05, 3.63) is 64.6 Å². The molecular formula is C26H25NO7S3. The van der Waals surface area contributed by atoms with Crippen molar-refractivity contribution < 1.29 is 32.2 Å². The number of hydrogen-bond donors (Lipinski definition) is 0. The van der Waals surface area contributed by atoms with Gasteiger partial charge in [0, 0.05) is 6.08 Å². The lowest BCUT2D eigenvalue weighted by Gasteiger charge is -2.20. The second-order valence-corrected chi connectivity index (χ2v) is 12.2. The Balaban J connectivity index is 1.48. The van der Waals surface area contributed by atoms with Gasteiger partial charge in [-0.2, -0.15) is 0 Å². The number of rotatable bonds is 8. The van der Waals surface area contributed by atoms with Gasteiger partial charge >= 0.3 is 5.97 Å². The first-order valence-corrected chi connectivity index (χ1v) is 14.5. The molecule has 0 spiro atoms. The molecule has 4 rings (SSSR count). The molecule has 8 nitrogen and oxygen atoms in total. The van der Waals surface area contributed by atoms with Crippen molar-refractivity contribution in [2.24, 2.45) is 0 Å². The number of amides is 1. The summed E-state index contributed by atoms with van der Waals surface area (Å²) in [5.41, 5.74) is 1.46. The van der Waals surface area contributed by atoms with Crippen LogP contribution >= 0.6 is 24.0 Å². The van der Waals surface area contributed by atoms with E-state index in [1.54, 1.807) is 49.6 Å². The lowest BCUT2D eigenvalue weighted by molar-refractivity contribution is -0.129. The van der Waals surface area contributed by atoms with E-state index in [-0.39, 0.29) is 23.2 Å². The van der Waals surface area contributed by atoms with Crippen LogP contribution in [-0.4, -0.2) is 60.8 Å². The van der Waals surface area contributed by atoms with Gasteiger partial charge in [-0.15, -0.1) is 0 Å². The van der Waals surface area contributed by atoms with Crippen molar-refractivity contribution >= 4 is 62.2 Å². The molecule has 0 bridgehead atoms. The Labute approximate surface area is 225 Å². The molecule has 37 heavy (non-hydrogen) atoms. The maximum Gasteiger partial charge on any atom is 0.336 e. The number of ether oxygens (including phenoxy) is 3. The lowest BCUT2D eigenvalue weighted by Crippen LogP contribution is -2.39. The monoisotopic (exact) mass is 559 g/mol. The highest BCUT2D eigenvalue weighted by molar-refractivity contribution is 8.26. The third-order valence-corrected chi connectivity index (χ3v) is 8.78. The second kappa shape index (κ2) is 11.5.